The fourth-order valence-corrected chi connectivity index (χ4v) is 2.30. The van der Waals surface area contributed by atoms with Crippen LogP contribution < -0.4 is 5.32 Å². The normalized spacial score (nSPS) is 10.5. The topological polar surface area (TPSA) is 29.1 Å². The minimum Gasteiger partial charge on any atom is -0.355 e. The van der Waals surface area contributed by atoms with E-state index in [1.54, 1.807) is 0 Å². The van der Waals surface area contributed by atoms with Crippen LogP contribution in [0.1, 0.15) is 23.5 Å². The molecule has 0 bridgehead atoms. The molecule has 0 spiro atoms. The Balaban J connectivity index is 2.23. The lowest BCUT2D eigenvalue weighted by molar-refractivity contribution is -0.121. The van der Waals surface area contributed by atoms with Gasteiger partial charge in [0, 0.05) is 12.4 Å². The van der Waals surface area contributed by atoms with Gasteiger partial charge in [0.15, 0.2) is 0 Å². The molecule has 0 saturated carbocycles. The third-order valence-corrected chi connectivity index (χ3v) is 3.40. The molecule has 0 aliphatic heterocycles. The first-order valence-electron chi connectivity index (χ1n) is 6.76. The number of carbonyl (C=O) groups is 1. The lowest BCUT2D eigenvalue weighted by Crippen LogP contribution is -2.31. The maximum Gasteiger partial charge on any atom is 0.232 e. The Morgan fingerprint density at radius 2 is 1.45 bits per heavy atom. The zero-order valence-corrected chi connectivity index (χ0v) is 12.0. The maximum atomic E-state index is 12.5. The van der Waals surface area contributed by atoms with Crippen LogP contribution in [0.15, 0.2) is 60.7 Å². The average Bonchev–Trinajstić information content (AvgIpc) is 2.50. The van der Waals surface area contributed by atoms with E-state index in [1.807, 2.05) is 60.7 Å². The van der Waals surface area contributed by atoms with Gasteiger partial charge in [0.2, 0.25) is 5.91 Å². The van der Waals surface area contributed by atoms with Crippen LogP contribution in [0.25, 0.3) is 0 Å². The van der Waals surface area contributed by atoms with Gasteiger partial charge in [-0.05, 0) is 17.5 Å². The van der Waals surface area contributed by atoms with Crippen molar-refractivity contribution in [3.63, 3.8) is 0 Å². The molecule has 0 aromatic heterocycles. The Kier molecular flexibility index (Phi) is 5.63. The second-order valence-electron chi connectivity index (χ2n) is 4.59. The van der Waals surface area contributed by atoms with Gasteiger partial charge in [0.05, 0.1) is 5.92 Å². The first-order chi connectivity index (χ1) is 9.83. The lowest BCUT2D eigenvalue weighted by Gasteiger charge is -2.17. The summed E-state index contributed by atoms with van der Waals surface area (Å²) in [5.74, 6) is 0.307. The molecule has 2 aromatic carbocycles. The van der Waals surface area contributed by atoms with Crippen molar-refractivity contribution < 1.29 is 4.79 Å². The molecule has 104 valence electrons. The number of rotatable bonds is 6. The number of hydrogen-bond acceptors (Lipinski definition) is 1. The van der Waals surface area contributed by atoms with Crippen molar-refractivity contribution in [2.75, 3.05) is 12.4 Å². The summed E-state index contributed by atoms with van der Waals surface area (Å²) in [5.41, 5.74) is 2.00. The van der Waals surface area contributed by atoms with Crippen molar-refractivity contribution in [2.45, 2.75) is 12.3 Å². The molecular weight excluding hydrogens is 270 g/mol. The van der Waals surface area contributed by atoms with Crippen molar-refractivity contribution in [1.82, 2.24) is 5.32 Å². The third kappa shape index (κ3) is 3.84. The van der Waals surface area contributed by atoms with Crippen molar-refractivity contribution in [3.8, 4) is 0 Å². The van der Waals surface area contributed by atoms with Crippen molar-refractivity contribution in [3.05, 3.63) is 71.8 Å². The molecule has 0 saturated heterocycles. The van der Waals surface area contributed by atoms with E-state index < -0.39 is 0 Å². The quantitative estimate of drug-likeness (QED) is 0.639. The van der Waals surface area contributed by atoms with Crippen LogP contribution in [0.5, 0.6) is 0 Å². The first-order valence-corrected chi connectivity index (χ1v) is 7.30. The highest BCUT2D eigenvalue weighted by Crippen LogP contribution is 2.24. The van der Waals surface area contributed by atoms with Crippen LogP contribution >= 0.6 is 11.6 Å². The number of amides is 1. The van der Waals surface area contributed by atoms with Gasteiger partial charge in [-0.1, -0.05) is 60.7 Å². The molecule has 2 nitrogen and oxygen atoms in total. The molecular formula is C17H18ClNO. The Bertz CT molecular complexity index is 488. The van der Waals surface area contributed by atoms with E-state index in [0.29, 0.717) is 12.4 Å². The Morgan fingerprint density at radius 3 is 1.90 bits per heavy atom. The predicted octanol–water partition coefficient (Wildman–Crippen LogP) is 3.56. The van der Waals surface area contributed by atoms with E-state index in [0.717, 1.165) is 17.5 Å². The van der Waals surface area contributed by atoms with Gasteiger partial charge in [0.25, 0.3) is 0 Å². The fraction of sp³-hybridized carbons (Fsp3) is 0.235. The summed E-state index contributed by atoms with van der Waals surface area (Å²) in [5, 5.41) is 2.96. The van der Waals surface area contributed by atoms with E-state index in [2.05, 4.69) is 5.32 Å². The zero-order valence-electron chi connectivity index (χ0n) is 11.3. The minimum atomic E-state index is -0.271. The fourth-order valence-electron chi connectivity index (χ4n) is 2.17. The molecule has 0 aliphatic carbocycles. The van der Waals surface area contributed by atoms with Crippen LogP contribution in [-0.2, 0) is 4.79 Å². The number of carbonyl (C=O) groups excluding carboxylic acids is 1. The molecule has 1 N–H and O–H groups in total. The molecule has 20 heavy (non-hydrogen) atoms. The van der Waals surface area contributed by atoms with Crippen LogP contribution in [-0.4, -0.2) is 18.3 Å². The molecule has 0 unspecified atom stereocenters. The predicted molar refractivity (Wildman–Crippen MR) is 83.1 cm³/mol. The Labute approximate surface area is 124 Å². The lowest BCUT2D eigenvalue weighted by atomic mass is 9.90. The Hall–Kier alpha value is -1.80. The number of hydrogen-bond donors (Lipinski definition) is 1. The largest absolute Gasteiger partial charge is 0.355 e. The Morgan fingerprint density at radius 1 is 0.950 bits per heavy atom. The standard InChI is InChI=1S/C17H18ClNO/c18-12-7-13-19-17(20)16(14-8-3-1-4-9-14)15-10-5-2-6-11-15/h1-6,8-11,16H,7,12-13H2,(H,19,20). The van der Waals surface area contributed by atoms with Gasteiger partial charge in [-0.25, -0.2) is 0 Å². The highest BCUT2D eigenvalue weighted by Gasteiger charge is 2.21. The summed E-state index contributed by atoms with van der Waals surface area (Å²) < 4.78 is 0. The average molecular weight is 288 g/mol. The second-order valence-corrected chi connectivity index (χ2v) is 4.97. The van der Waals surface area contributed by atoms with E-state index >= 15 is 0 Å². The summed E-state index contributed by atoms with van der Waals surface area (Å²) in [6.45, 7) is 0.610. The number of nitrogens with one attached hydrogen (secondary N) is 1. The van der Waals surface area contributed by atoms with Gasteiger partial charge < -0.3 is 5.32 Å². The van der Waals surface area contributed by atoms with E-state index in [9.17, 15) is 4.79 Å². The summed E-state index contributed by atoms with van der Waals surface area (Å²) in [6, 6.07) is 19.7. The minimum absolute atomic E-state index is 0.0208. The van der Waals surface area contributed by atoms with Crippen molar-refractivity contribution in [1.29, 1.82) is 0 Å². The molecule has 0 heterocycles. The molecule has 2 aromatic rings. The molecule has 0 aliphatic rings. The van der Waals surface area contributed by atoms with E-state index in [-0.39, 0.29) is 11.8 Å². The van der Waals surface area contributed by atoms with Crippen LogP contribution in [0.2, 0.25) is 0 Å². The van der Waals surface area contributed by atoms with E-state index in [1.165, 1.54) is 0 Å². The van der Waals surface area contributed by atoms with Gasteiger partial charge in [-0.3, -0.25) is 4.79 Å². The van der Waals surface area contributed by atoms with Gasteiger partial charge in [-0.2, -0.15) is 0 Å². The van der Waals surface area contributed by atoms with Crippen molar-refractivity contribution in [2.24, 2.45) is 0 Å². The zero-order chi connectivity index (χ0) is 14.2. The molecule has 2 rings (SSSR count). The molecule has 0 atom stereocenters. The van der Waals surface area contributed by atoms with Crippen LogP contribution in [0.4, 0.5) is 0 Å². The summed E-state index contributed by atoms with van der Waals surface area (Å²) in [7, 11) is 0. The molecule has 0 fully saturated rings. The first kappa shape index (κ1) is 14.6. The summed E-state index contributed by atoms with van der Waals surface area (Å²) >= 11 is 5.65. The molecule has 3 heteroatoms. The van der Waals surface area contributed by atoms with Gasteiger partial charge in [-0.15, -0.1) is 11.6 Å². The van der Waals surface area contributed by atoms with Gasteiger partial charge in [0.1, 0.15) is 0 Å². The summed E-state index contributed by atoms with van der Waals surface area (Å²) in [6.07, 6.45) is 0.781. The molecule has 1 amide bonds. The van der Waals surface area contributed by atoms with Gasteiger partial charge >= 0.3 is 0 Å². The highest BCUT2D eigenvalue weighted by atomic mass is 35.5. The summed E-state index contributed by atoms with van der Waals surface area (Å²) in [4.78, 5) is 12.5. The number of alkyl halides is 1. The number of benzene rings is 2. The maximum absolute atomic E-state index is 12.5. The smallest absolute Gasteiger partial charge is 0.232 e. The van der Waals surface area contributed by atoms with Crippen LogP contribution in [0, 0.1) is 0 Å². The van der Waals surface area contributed by atoms with E-state index in [4.69, 9.17) is 11.6 Å². The third-order valence-electron chi connectivity index (χ3n) is 3.14. The highest BCUT2D eigenvalue weighted by molar-refractivity contribution is 6.17. The van der Waals surface area contributed by atoms with Crippen LogP contribution in [0.3, 0.4) is 0 Å². The second kappa shape index (κ2) is 7.71. The number of halogens is 1. The SMILES string of the molecule is O=C(NCCCCl)C(c1ccccc1)c1ccccc1. The molecule has 0 radical (unpaired) electrons. The monoisotopic (exact) mass is 287 g/mol. The van der Waals surface area contributed by atoms with Crippen molar-refractivity contribution >= 4 is 17.5 Å².